The largest absolute Gasteiger partial charge is 0.467 e. The number of ether oxygens (including phenoxy) is 1. The number of piperazine rings is 1. The lowest BCUT2D eigenvalue weighted by Crippen LogP contribution is -2.51. The second kappa shape index (κ2) is 9.73. The molecule has 3 aromatic rings. The summed E-state index contributed by atoms with van der Waals surface area (Å²) in [6.45, 7) is 5.64. The number of pyridine rings is 1. The van der Waals surface area contributed by atoms with Crippen molar-refractivity contribution in [3.05, 3.63) is 54.5 Å². The molecule has 1 amide bonds. The number of hydrogen-bond donors (Lipinski definition) is 1. The van der Waals surface area contributed by atoms with E-state index in [1.807, 2.05) is 6.20 Å². The first kappa shape index (κ1) is 22.7. The third kappa shape index (κ3) is 4.46. The van der Waals surface area contributed by atoms with Gasteiger partial charge >= 0.3 is 6.01 Å². The Labute approximate surface area is 211 Å². The summed E-state index contributed by atoms with van der Waals surface area (Å²) in [6, 6.07) is 11.0. The van der Waals surface area contributed by atoms with Gasteiger partial charge in [0.05, 0.1) is 12.8 Å². The zero-order valence-corrected chi connectivity index (χ0v) is 20.6. The van der Waals surface area contributed by atoms with Crippen LogP contribution in [0.25, 0.3) is 11.1 Å². The van der Waals surface area contributed by atoms with Crippen molar-refractivity contribution in [3.63, 3.8) is 0 Å². The van der Waals surface area contributed by atoms with E-state index in [4.69, 9.17) is 9.72 Å². The summed E-state index contributed by atoms with van der Waals surface area (Å²) in [5, 5.41) is 3.10. The minimum atomic E-state index is -0.0590. The molecule has 186 valence electrons. The van der Waals surface area contributed by atoms with E-state index in [1.54, 1.807) is 19.5 Å². The lowest BCUT2D eigenvalue weighted by molar-refractivity contribution is -0.118. The van der Waals surface area contributed by atoms with Gasteiger partial charge in [0.15, 0.2) is 5.82 Å². The molecule has 9 heteroatoms. The van der Waals surface area contributed by atoms with Crippen LogP contribution in [0.15, 0.2) is 48.9 Å². The lowest BCUT2D eigenvalue weighted by atomic mass is 9.99. The number of hydrogen-bond acceptors (Lipinski definition) is 8. The van der Waals surface area contributed by atoms with Gasteiger partial charge in [-0.05, 0) is 48.6 Å². The van der Waals surface area contributed by atoms with Crippen LogP contribution in [-0.2, 0) is 11.3 Å². The smallest absolute Gasteiger partial charge is 0.316 e. The molecule has 9 nitrogen and oxygen atoms in total. The van der Waals surface area contributed by atoms with Gasteiger partial charge in [-0.1, -0.05) is 12.1 Å². The molecule has 36 heavy (non-hydrogen) atoms. The number of nitrogens with zero attached hydrogens (tertiary/aromatic N) is 6. The fourth-order valence-electron chi connectivity index (χ4n) is 5.44. The molecule has 2 saturated heterocycles. The molecule has 0 saturated carbocycles. The van der Waals surface area contributed by atoms with Crippen LogP contribution < -0.4 is 19.9 Å². The summed E-state index contributed by atoms with van der Waals surface area (Å²) in [7, 11) is 1.57. The van der Waals surface area contributed by atoms with Crippen LogP contribution >= 0.6 is 0 Å². The highest BCUT2D eigenvalue weighted by Crippen LogP contribution is 2.35. The van der Waals surface area contributed by atoms with Gasteiger partial charge in [-0.15, -0.1) is 0 Å². The van der Waals surface area contributed by atoms with Crippen molar-refractivity contribution in [2.75, 3.05) is 55.0 Å². The van der Waals surface area contributed by atoms with Crippen LogP contribution in [0.1, 0.15) is 24.8 Å². The third-order valence-electron chi connectivity index (χ3n) is 7.41. The van der Waals surface area contributed by atoms with Gasteiger partial charge < -0.3 is 19.9 Å². The van der Waals surface area contributed by atoms with Crippen LogP contribution in [-0.4, -0.2) is 71.6 Å². The summed E-state index contributed by atoms with van der Waals surface area (Å²) >= 11 is 0. The van der Waals surface area contributed by atoms with Crippen LogP contribution in [0, 0.1) is 0 Å². The molecule has 2 fully saturated rings. The second-order valence-corrected chi connectivity index (χ2v) is 9.68. The molecule has 3 aliphatic rings. The van der Waals surface area contributed by atoms with Crippen molar-refractivity contribution in [2.45, 2.75) is 31.8 Å². The number of carbonyl (C=O) groups excluding carboxylic acids is 1. The number of nitrogens with one attached hydrogen (secondary N) is 1. The van der Waals surface area contributed by atoms with E-state index < -0.39 is 0 Å². The number of fused-ring (bicyclic) bond motifs is 3. The Kier molecular flexibility index (Phi) is 6.14. The zero-order chi connectivity index (χ0) is 24.5. The quantitative estimate of drug-likeness (QED) is 0.590. The number of anilines is 3. The molecule has 0 radical (unpaired) electrons. The number of rotatable bonds is 5. The molecule has 3 aliphatic heterocycles. The SMILES string of the molecule is COc1ncc(-c2ccc(N3CCN(Cc4cnc5c(c4)NC(=O)[C@@H]4CCCCN54)CC3)cc2)cn1. The maximum atomic E-state index is 12.6. The van der Waals surface area contributed by atoms with Crippen molar-refractivity contribution in [1.29, 1.82) is 0 Å². The molecular formula is C27H31N7O2. The Morgan fingerprint density at radius 2 is 1.72 bits per heavy atom. The van der Waals surface area contributed by atoms with E-state index in [9.17, 15) is 4.79 Å². The summed E-state index contributed by atoms with van der Waals surface area (Å²) in [5.74, 6) is 1.04. The van der Waals surface area contributed by atoms with Gasteiger partial charge in [0, 0.05) is 69.1 Å². The molecule has 2 aromatic heterocycles. The Morgan fingerprint density at radius 3 is 2.47 bits per heavy atom. The average molecular weight is 486 g/mol. The second-order valence-electron chi connectivity index (χ2n) is 9.68. The van der Waals surface area contributed by atoms with E-state index in [0.717, 1.165) is 86.7 Å². The predicted molar refractivity (Wildman–Crippen MR) is 139 cm³/mol. The van der Waals surface area contributed by atoms with Gasteiger partial charge in [-0.2, -0.15) is 0 Å². The fourth-order valence-corrected chi connectivity index (χ4v) is 5.44. The summed E-state index contributed by atoms with van der Waals surface area (Å²) in [5.41, 5.74) is 5.28. The monoisotopic (exact) mass is 485 g/mol. The maximum absolute atomic E-state index is 12.6. The standard InChI is InChI=1S/C27H31N7O2/c1-36-27-29-16-21(17-30-27)20-5-7-22(8-6-20)33-12-10-32(11-13-33)18-19-14-23-25(28-15-19)34-9-3-2-4-24(34)26(35)31-23/h5-8,14-17,24H,2-4,9-13,18H2,1H3,(H,31,35)/t24-/m0/s1. The van der Waals surface area contributed by atoms with Gasteiger partial charge in [-0.25, -0.2) is 15.0 Å². The van der Waals surface area contributed by atoms with Gasteiger partial charge in [0.25, 0.3) is 0 Å². The summed E-state index contributed by atoms with van der Waals surface area (Å²) in [6.07, 6.45) is 8.69. The van der Waals surface area contributed by atoms with Gasteiger partial charge in [0.1, 0.15) is 6.04 Å². The number of methoxy groups -OCH3 is 1. The Hall–Kier alpha value is -3.72. The molecule has 1 atom stereocenters. The minimum Gasteiger partial charge on any atom is -0.467 e. The number of benzene rings is 1. The van der Waals surface area contributed by atoms with E-state index in [2.05, 4.69) is 60.3 Å². The van der Waals surface area contributed by atoms with Crippen molar-refractivity contribution >= 4 is 23.1 Å². The Balaban J connectivity index is 1.06. The first-order valence-electron chi connectivity index (χ1n) is 12.7. The molecule has 0 bridgehead atoms. The molecule has 1 aromatic carbocycles. The lowest BCUT2D eigenvalue weighted by Gasteiger charge is -2.40. The number of amides is 1. The first-order chi connectivity index (χ1) is 17.7. The van der Waals surface area contributed by atoms with Gasteiger partial charge in [-0.3, -0.25) is 9.69 Å². The van der Waals surface area contributed by atoms with Crippen LogP contribution in [0.3, 0.4) is 0 Å². The number of piperidine rings is 1. The molecule has 1 N–H and O–H groups in total. The summed E-state index contributed by atoms with van der Waals surface area (Å²) in [4.78, 5) is 32.8. The fraction of sp³-hybridized carbons (Fsp3) is 0.407. The highest BCUT2D eigenvalue weighted by molar-refractivity contribution is 6.02. The van der Waals surface area contributed by atoms with E-state index in [-0.39, 0.29) is 11.9 Å². The number of carbonyl (C=O) groups is 1. The highest BCUT2D eigenvalue weighted by Gasteiger charge is 2.35. The highest BCUT2D eigenvalue weighted by atomic mass is 16.5. The average Bonchev–Trinajstić information content (AvgIpc) is 2.94. The van der Waals surface area contributed by atoms with Crippen LogP contribution in [0.4, 0.5) is 17.2 Å². The Morgan fingerprint density at radius 1 is 0.944 bits per heavy atom. The molecule has 0 unspecified atom stereocenters. The normalized spacial score (nSPS) is 19.9. The van der Waals surface area contributed by atoms with Crippen molar-refractivity contribution in [3.8, 4) is 17.1 Å². The topological polar surface area (TPSA) is 86.7 Å². The molecule has 5 heterocycles. The van der Waals surface area contributed by atoms with Crippen LogP contribution in [0.2, 0.25) is 0 Å². The number of aromatic nitrogens is 3. The van der Waals surface area contributed by atoms with Crippen molar-refractivity contribution < 1.29 is 9.53 Å². The molecule has 0 aliphatic carbocycles. The zero-order valence-electron chi connectivity index (χ0n) is 20.6. The minimum absolute atomic E-state index is 0.0590. The Bertz CT molecular complexity index is 1220. The van der Waals surface area contributed by atoms with Gasteiger partial charge in [0.2, 0.25) is 5.91 Å². The molecule has 6 rings (SSSR count). The first-order valence-corrected chi connectivity index (χ1v) is 12.7. The molecular weight excluding hydrogens is 454 g/mol. The van der Waals surface area contributed by atoms with E-state index in [0.29, 0.717) is 6.01 Å². The third-order valence-corrected chi connectivity index (χ3v) is 7.41. The van der Waals surface area contributed by atoms with E-state index in [1.165, 1.54) is 5.69 Å². The van der Waals surface area contributed by atoms with E-state index >= 15 is 0 Å². The van der Waals surface area contributed by atoms with Crippen LogP contribution in [0.5, 0.6) is 6.01 Å². The summed E-state index contributed by atoms with van der Waals surface area (Å²) < 4.78 is 5.04. The van der Waals surface area contributed by atoms with Crippen molar-refractivity contribution in [2.24, 2.45) is 0 Å². The van der Waals surface area contributed by atoms with Crippen molar-refractivity contribution in [1.82, 2.24) is 19.9 Å². The maximum Gasteiger partial charge on any atom is 0.316 e. The predicted octanol–water partition coefficient (Wildman–Crippen LogP) is 3.18. The molecule has 0 spiro atoms.